The van der Waals surface area contributed by atoms with Gasteiger partial charge in [-0.2, -0.15) is 0 Å². The highest BCUT2D eigenvalue weighted by atomic mass is 28.4. The summed E-state index contributed by atoms with van der Waals surface area (Å²) in [5.41, 5.74) is 0.690. The van der Waals surface area contributed by atoms with Crippen LogP contribution < -0.4 is 5.32 Å². The molecule has 6 nitrogen and oxygen atoms in total. The number of para-hydroxylation sites is 1. The van der Waals surface area contributed by atoms with E-state index in [1.54, 1.807) is 0 Å². The maximum absolute atomic E-state index is 12.6. The Kier molecular flexibility index (Phi) is 6.17. The molecule has 1 saturated heterocycles. The second-order valence-electron chi connectivity index (χ2n) is 8.73. The number of carbonyl (C=O) groups is 1. The van der Waals surface area contributed by atoms with Gasteiger partial charge >= 0.3 is 6.09 Å². The number of nitrogens with one attached hydrogen (secondary N) is 1. The lowest BCUT2D eigenvalue weighted by Gasteiger charge is -2.32. The Labute approximate surface area is 168 Å². The SMILES string of the molecule is CC1(C)OC[C@H]([C@@H](OC(=O)Nc2ccccc2)[C@H]2CCC=C2O[Si](C)(C)C)O1. The molecule has 0 saturated carbocycles. The van der Waals surface area contributed by atoms with Gasteiger partial charge in [0.1, 0.15) is 12.2 Å². The lowest BCUT2D eigenvalue weighted by atomic mass is 9.96. The molecule has 1 heterocycles. The molecule has 1 amide bonds. The van der Waals surface area contributed by atoms with Gasteiger partial charge in [0.15, 0.2) is 5.79 Å². The van der Waals surface area contributed by atoms with E-state index < -0.39 is 26.3 Å². The van der Waals surface area contributed by atoms with Crippen molar-refractivity contribution in [2.24, 2.45) is 5.92 Å². The summed E-state index contributed by atoms with van der Waals surface area (Å²) in [6.07, 6.45) is 2.58. The van der Waals surface area contributed by atoms with Crippen molar-refractivity contribution in [1.29, 1.82) is 0 Å². The van der Waals surface area contributed by atoms with Crippen LogP contribution in [0.4, 0.5) is 10.5 Å². The summed E-state index contributed by atoms with van der Waals surface area (Å²) in [6.45, 7) is 10.6. The second kappa shape index (κ2) is 8.27. The van der Waals surface area contributed by atoms with Crippen molar-refractivity contribution in [3.63, 3.8) is 0 Å². The predicted molar refractivity (Wildman–Crippen MR) is 110 cm³/mol. The molecule has 7 heteroatoms. The predicted octanol–water partition coefficient (Wildman–Crippen LogP) is 4.90. The maximum Gasteiger partial charge on any atom is 0.412 e. The minimum absolute atomic E-state index is 0.0317. The smallest absolute Gasteiger partial charge is 0.412 e. The number of allylic oxidation sites excluding steroid dienone is 1. The van der Waals surface area contributed by atoms with E-state index in [0.717, 1.165) is 18.6 Å². The monoisotopic (exact) mass is 405 g/mol. The molecule has 154 valence electrons. The first-order chi connectivity index (χ1) is 13.1. The van der Waals surface area contributed by atoms with E-state index in [0.29, 0.717) is 12.3 Å². The number of hydrogen-bond acceptors (Lipinski definition) is 5. The van der Waals surface area contributed by atoms with Crippen molar-refractivity contribution in [1.82, 2.24) is 0 Å². The van der Waals surface area contributed by atoms with E-state index in [2.05, 4.69) is 31.0 Å². The van der Waals surface area contributed by atoms with Crippen molar-refractivity contribution in [2.75, 3.05) is 11.9 Å². The number of carbonyl (C=O) groups excluding carboxylic acids is 1. The average molecular weight is 406 g/mol. The molecule has 1 fully saturated rings. The molecule has 0 spiro atoms. The number of anilines is 1. The first-order valence-corrected chi connectivity index (χ1v) is 13.3. The lowest BCUT2D eigenvalue weighted by molar-refractivity contribution is -0.154. The Balaban J connectivity index is 1.76. The lowest BCUT2D eigenvalue weighted by Crippen LogP contribution is -2.42. The minimum atomic E-state index is -1.78. The molecule has 28 heavy (non-hydrogen) atoms. The molecule has 0 bridgehead atoms. The van der Waals surface area contributed by atoms with Crippen molar-refractivity contribution >= 4 is 20.1 Å². The van der Waals surface area contributed by atoms with Crippen LogP contribution in [-0.2, 0) is 18.6 Å². The molecular formula is C21H31NO5Si. The summed E-state index contributed by atoms with van der Waals surface area (Å²) in [5.74, 6) is 0.199. The van der Waals surface area contributed by atoms with Gasteiger partial charge in [-0.3, -0.25) is 5.32 Å². The normalized spacial score (nSPS) is 25.1. The molecular weight excluding hydrogens is 374 g/mol. The number of ether oxygens (including phenoxy) is 3. The molecule has 1 aliphatic carbocycles. The second-order valence-corrected chi connectivity index (χ2v) is 13.2. The van der Waals surface area contributed by atoms with Gasteiger partial charge in [0.05, 0.1) is 18.3 Å². The Morgan fingerprint density at radius 2 is 1.96 bits per heavy atom. The highest BCUT2D eigenvalue weighted by molar-refractivity contribution is 6.70. The van der Waals surface area contributed by atoms with E-state index >= 15 is 0 Å². The van der Waals surface area contributed by atoms with Crippen LogP contribution in [0, 0.1) is 5.92 Å². The zero-order valence-electron chi connectivity index (χ0n) is 17.4. The van der Waals surface area contributed by atoms with Gasteiger partial charge in [-0.05, 0) is 64.5 Å². The Morgan fingerprint density at radius 3 is 2.57 bits per heavy atom. The van der Waals surface area contributed by atoms with E-state index in [1.807, 2.05) is 44.2 Å². The van der Waals surface area contributed by atoms with Crippen LogP contribution in [-0.4, -0.2) is 39.0 Å². The molecule has 1 aromatic carbocycles. The fraction of sp³-hybridized carbons (Fsp3) is 0.571. The third kappa shape index (κ3) is 5.59. The van der Waals surface area contributed by atoms with Crippen LogP contribution in [0.2, 0.25) is 19.6 Å². The quantitative estimate of drug-likeness (QED) is 0.682. The highest BCUT2D eigenvalue weighted by Crippen LogP contribution is 2.38. The number of hydrogen-bond donors (Lipinski definition) is 1. The van der Waals surface area contributed by atoms with Crippen LogP contribution in [0.1, 0.15) is 26.7 Å². The van der Waals surface area contributed by atoms with E-state index in [9.17, 15) is 4.79 Å². The fourth-order valence-electron chi connectivity index (χ4n) is 3.58. The summed E-state index contributed by atoms with van der Waals surface area (Å²) in [4.78, 5) is 12.6. The summed E-state index contributed by atoms with van der Waals surface area (Å²) >= 11 is 0. The van der Waals surface area contributed by atoms with Crippen LogP contribution in [0.25, 0.3) is 0 Å². The van der Waals surface area contributed by atoms with Gasteiger partial charge in [0, 0.05) is 5.69 Å². The Hall–Kier alpha value is -1.83. The molecule has 3 rings (SSSR count). The standard InChI is InChI=1S/C21H31NO5Si/c1-21(2)24-14-18(26-21)19(16-12-9-13-17(16)27-28(3,4)5)25-20(23)22-15-10-7-6-8-11-15/h6-8,10-11,13,16,18-19H,9,12,14H2,1-5H3,(H,22,23)/t16-,18+,19-/m0/s1. The van der Waals surface area contributed by atoms with Crippen LogP contribution in [0.15, 0.2) is 42.2 Å². The molecule has 0 aromatic heterocycles. The summed E-state index contributed by atoms with van der Waals surface area (Å²) < 4.78 is 24.0. The molecule has 0 radical (unpaired) electrons. The first kappa shape index (κ1) is 20.9. The van der Waals surface area contributed by atoms with Crippen LogP contribution >= 0.6 is 0 Å². The van der Waals surface area contributed by atoms with Crippen molar-refractivity contribution in [3.8, 4) is 0 Å². The topological polar surface area (TPSA) is 66.0 Å². The zero-order valence-corrected chi connectivity index (χ0v) is 18.4. The summed E-state index contributed by atoms with van der Waals surface area (Å²) in [5, 5.41) is 2.79. The van der Waals surface area contributed by atoms with Crippen LogP contribution in [0.3, 0.4) is 0 Å². The van der Waals surface area contributed by atoms with E-state index in [4.69, 9.17) is 18.6 Å². The van der Waals surface area contributed by atoms with Gasteiger partial charge < -0.3 is 18.6 Å². The summed E-state index contributed by atoms with van der Waals surface area (Å²) in [6, 6.07) is 9.27. The van der Waals surface area contributed by atoms with Gasteiger partial charge in [-0.1, -0.05) is 18.2 Å². The van der Waals surface area contributed by atoms with E-state index in [1.165, 1.54) is 0 Å². The Bertz CT molecular complexity index is 713. The van der Waals surface area contributed by atoms with Gasteiger partial charge in [-0.25, -0.2) is 4.79 Å². The number of amides is 1. The molecule has 1 aromatic rings. The molecule has 3 atom stereocenters. The third-order valence-electron chi connectivity index (χ3n) is 4.67. The first-order valence-electron chi connectivity index (χ1n) is 9.86. The zero-order chi connectivity index (χ0) is 20.4. The van der Waals surface area contributed by atoms with Crippen molar-refractivity contribution in [2.45, 2.75) is 64.3 Å². The van der Waals surface area contributed by atoms with Gasteiger partial charge in [-0.15, -0.1) is 0 Å². The van der Waals surface area contributed by atoms with Crippen molar-refractivity contribution < 1.29 is 23.4 Å². The minimum Gasteiger partial charge on any atom is -0.547 e. The average Bonchev–Trinajstić information content (AvgIpc) is 3.18. The van der Waals surface area contributed by atoms with Crippen LogP contribution in [0.5, 0.6) is 0 Å². The van der Waals surface area contributed by atoms with Crippen molar-refractivity contribution in [3.05, 3.63) is 42.2 Å². The van der Waals surface area contributed by atoms with Gasteiger partial charge in [0.2, 0.25) is 8.32 Å². The fourth-order valence-corrected chi connectivity index (χ4v) is 4.52. The molecule has 0 unspecified atom stereocenters. The largest absolute Gasteiger partial charge is 0.547 e. The molecule has 2 aliphatic rings. The number of benzene rings is 1. The Morgan fingerprint density at radius 1 is 1.25 bits per heavy atom. The molecule has 1 N–H and O–H groups in total. The van der Waals surface area contributed by atoms with Gasteiger partial charge in [0.25, 0.3) is 0 Å². The van der Waals surface area contributed by atoms with E-state index in [-0.39, 0.29) is 12.0 Å². The highest BCUT2D eigenvalue weighted by Gasteiger charge is 2.45. The number of rotatable bonds is 6. The maximum atomic E-state index is 12.6. The summed E-state index contributed by atoms with van der Waals surface area (Å²) in [7, 11) is -1.78. The molecule has 1 aliphatic heterocycles. The third-order valence-corrected chi connectivity index (χ3v) is 5.52.